The van der Waals surface area contributed by atoms with E-state index in [0.29, 0.717) is 69.8 Å². The Morgan fingerprint density at radius 2 is 1.61 bits per heavy atom. The van der Waals surface area contributed by atoms with Gasteiger partial charge in [0.15, 0.2) is 5.78 Å². The van der Waals surface area contributed by atoms with Crippen molar-refractivity contribution in [1.82, 2.24) is 4.90 Å². The number of allylic oxidation sites excluding steroid dienone is 6. The third kappa shape index (κ3) is 15.7. The highest BCUT2D eigenvalue weighted by molar-refractivity contribution is 6.39. The van der Waals surface area contributed by atoms with Crippen LogP contribution in [0.5, 0.6) is 0 Å². The van der Waals surface area contributed by atoms with E-state index in [2.05, 4.69) is 0 Å². The molecule has 4 rings (SSSR count). The van der Waals surface area contributed by atoms with Crippen LogP contribution in [-0.2, 0) is 57.2 Å². The van der Waals surface area contributed by atoms with E-state index in [0.717, 1.165) is 5.57 Å². The summed E-state index contributed by atoms with van der Waals surface area (Å²) in [5.74, 6) is -9.09. The Balaban J connectivity index is 1.70. The quantitative estimate of drug-likeness (QED) is 0.109. The third-order valence-corrected chi connectivity index (χ3v) is 15.1. The van der Waals surface area contributed by atoms with Crippen molar-refractivity contribution < 1.29 is 67.4 Å². The fraction of sp³-hybridized carbons (Fsp3) is 0.736. The smallest absolute Gasteiger partial charge is 0.329 e. The summed E-state index contributed by atoms with van der Waals surface area (Å²) in [6.07, 6.45) is 10.7. The molecule has 3 heterocycles. The molecule has 0 aromatic rings. The molecule has 0 radical (unpaired) electrons. The lowest BCUT2D eigenvalue weighted by molar-refractivity contribution is -0.265. The maximum atomic E-state index is 14.5. The van der Waals surface area contributed by atoms with Gasteiger partial charge >= 0.3 is 11.9 Å². The number of aliphatic hydroxyl groups excluding tert-OH is 1. The number of esters is 2. The van der Waals surface area contributed by atoms with Gasteiger partial charge in [-0.2, -0.15) is 0 Å². The van der Waals surface area contributed by atoms with Gasteiger partial charge in [0.05, 0.1) is 18.3 Å². The number of carbonyl (C=O) groups is 6. The fourth-order valence-corrected chi connectivity index (χ4v) is 10.5. The molecule has 3 aliphatic heterocycles. The van der Waals surface area contributed by atoms with Crippen molar-refractivity contribution in [3.05, 3.63) is 47.6 Å². The van der Waals surface area contributed by atoms with E-state index in [9.17, 15) is 39.0 Å². The van der Waals surface area contributed by atoms with Crippen molar-refractivity contribution in [2.45, 2.75) is 180 Å². The summed E-state index contributed by atoms with van der Waals surface area (Å²) in [4.78, 5) is 84.2. The van der Waals surface area contributed by atoms with Gasteiger partial charge in [-0.1, -0.05) is 71.1 Å². The van der Waals surface area contributed by atoms with E-state index in [1.54, 1.807) is 48.0 Å². The molecule has 388 valence electrons. The number of alkyl halides is 1. The fourth-order valence-electron chi connectivity index (χ4n) is 10.4. The summed E-state index contributed by atoms with van der Waals surface area (Å²) in [5, 5.41) is 23.4. The lowest BCUT2D eigenvalue weighted by Gasteiger charge is -2.42. The topological polar surface area (TPSA) is 201 Å². The predicted molar refractivity (Wildman–Crippen MR) is 260 cm³/mol. The predicted octanol–water partition coefficient (Wildman–Crippen LogP) is 6.97. The van der Waals surface area contributed by atoms with Gasteiger partial charge in [-0.3, -0.25) is 24.0 Å². The van der Waals surface area contributed by atoms with Crippen molar-refractivity contribution >= 4 is 46.8 Å². The van der Waals surface area contributed by atoms with Gasteiger partial charge in [-0.25, -0.2) is 4.79 Å². The van der Waals surface area contributed by atoms with Gasteiger partial charge in [-0.05, 0) is 107 Å². The Labute approximate surface area is 414 Å². The van der Waals surface area contributed by atoms with E-state index in [1.807, 2.05) is 51.2 Å². The van der Waals surface area contributed by atoms with E-state index in [-0.39, 0.29) is 48.7 Å². The minimum atomic E-state index is -2.45. The first kappa shape index (κ1) is 58.0. The van der Waals surface area contributed by atoms with Crippen LogP contribution in [0, 0.1) is 35.5 Å². The SMILES string of the molecule is COC1C[C@@H]2CC[C@@H](C)[C@@](O)(O2)C(=O)C(=O)N2CCCC[C@H]2C(=O)O[C@H]([C@H](C)C[C@@H]2CC[C@@H](OC(=O)CCl)[C@H](OC)C2)CC(=O)[C@H](C)/C=C(\C)[C@@H](O)C(OC)C(=O)[C@H](C)C[C@H](C)/C=C/C=C/C=C/1C. The molecule has 4 aliphatic rings. The first-order chi connectivity index (χ1) is 32.7. The third-order valence-electron chi connectivity index (χ3n) is 14.8. The zero-order chi connectivity index (χ0) is 51.2. The minimum absolute atomic E-state index is 0.00644. The average Bonchev–Trinajstić information content (AvgIpc) is 3.33. The number of carbonyl (C=O) groups excluding carboxylic acids is 6. The van der Waals surface area contributed by atoms with Crippen LogP contribution >= 0.6 is 11.6 Å². The number of Topliss-reactive ketones (excluding diaryl/α,β-unsaturated/α-hetero) is 3. The molecule has 0 spiro atoms. The van der Waals surface area contributed by atoms with Gasteiger partial charge in [0.25, 0.3) is 11.7 Å². The number of fused-ring (bicyclic) bond motifs is 3. The molecule has 2 N–H and O–H groups in total. The van der Waals surface area contributed by atoms with Gasteiger partial charge in [0, 0.05) is 58.5 Å². The summed E-state index contributed by atoms with van der Waals surface area (Å²) >= 11 is 5.71. The Hall–Kier alpha value is -3.57. The van der Waals surface area contributed by atoms with Crippen LogP contribution in [0.15, 0.2) is 47.6 Å². The Morgan fingerprint density at radius 1 is 0.884 bits per heavy atom. The van der Waals surface area contributed by atoms with Crippen molar-refractivity contribution in [3.63, 3.8) is 0 Å². The molecule has 15 nitrogen and oxygen atoms in total. The van der Waals surface area contributed by atoms with Crippen molar-refractivity contribution in [3.8, 4) is 0 Å². The molecule has 3 fully saturated rings. The number of aliphatic hydroxyl groups is 2. The molecule has 1 amide bonds. The second kappa shape index (κ2) is 27.3. The van der Waals surface area contributed by atoms with Crippen LogP contribution in [0.3, 0.4) is 0 Å². The van der Waals surface area contributed by atoms with Crippen LogP contribution in [0.2, 0.25) is 0 Å². The summed E-state index contributed by atoms with van der Waals surface area (Å²) < 4.78 is 35.1. The second-order valence-electron chi connectivity index (χ2n) is 20.2. The summed E-state index contributed by atoms with van der Waals surface area (Å²) in [6.45, 7) is 12.6. The Morgan fingerprint density at radius 3 is 2.28 bits per heavy atom. The minimum Gasteiger partial charge on any atom is -0.460 e. The van der Waals surface area contributed by atoms with Gasteiger partial charge < -0.3 is 43.5 Å². The normalized spacial score (nSPS) is 38.7. The zero-order valence-electron chi connectivity index (χ0n) is 42.6. The highest BCUT2D eigenvalue weighted by Gasteiger charge is 2.53. The number of halogens is 1. The van der Waals surface area contributed by atoms with Crippen molar-refractivity contribution in [2.75, 3.05) is 33.8 Å². The van der Waals surface area contributed by atoms with Crippen LogP contribution in [0.1, 0.15) is 126 Å². The van der Waals surface area contributed by atoms with Gasteiger partial charge in [0.1, 0.15) is 42.1 Å². The average molecular weight is 991 g/mol. The Bertz CT molecular complexity index is 1900. The van der Waals surface area contributed by atoms with Crippen LogP contribution in [0.4, 0.5) is 0 Å². The zero-order valence-corrected chi connectivity index (χ0v) is 43.3. The summed E-state index contributed by atoms with van der Waals surface area (Å²) in [6, 6.07) is -1.17. The molecule has 15 atom stereocenters. The highest BCUT2D eigenvalue weighted by atomic mass is 35.5. The maximum absolute atomic E-state index is 14.5. The molecule has 2 bridgehead atoms. The first-order valence-electron chi connectivity index (χ1n) is 24.9. The number of ether oxygens (including phenoxy) is 6. The summed E-state index contributed by atoms with van der Waals surface area (Å²) in [5.41, 5.74) is 1.24. The van der Waals surface area contributed by atoms with E-state index in [4.69, 9.17) is 40.0 Å². The number of rotatable bonds is 8. The maximum Gasteiger partial charge on any atom is 0.329 e. The molecular formula is C53H80ClNO14. The second-order valence-corrected chi connectivity index (χ2v) is 20.5. The number of piperidine rings is 1. The molecule has 0 aromatic carbocycles. The van der Waals surface area contributed by atoms with E-state index < -0.39 is 102 Å². The monoisotopic (exact) mass is 990 g/mol. The molecule has 16 heteroatoms. The number of hydrogen-bond acceptors (Lipinski definition) is 14. The molecule has 0 aromatic heterocycles. The number of cyclic esters (lactones) is 1. The number of hydrogen-bond donors (Lipinski definition) is 2. The van der Waals surface area contributed by atoms with Crippen LogP contribution in [-0.4, -0.2) is 139 Å². The van der Waals surface area contributed by atoms with Gasteiger partial charge in [0.2, 0.25) is 5.79 Å². The van der Waals surface area contributed by atoms with Crippen molar-refractivity contribution in [2.24, 2.45) is 35.5 Å². The lowest BCUT2D eigenvalue weighted by atomic mass is 9.78. The number of methoxy groups -OCH3 is 3. The number of nitrogens with zero attached hydrogens (tertiary/aromatic N) is 1. The standard InChI is InChI=1S/C53H80ClNO14/c1-31-16-12-11-13-17-32(2)43(64-8)28-39-21-19-37(7)53(63,69-39)50(60)51(61)55-23-15-14-18-40(55)52(62)68-44(34(4)26-38-20-22-42(45(27-38)65-9)67-46(57)30-54)29-41(56)33(3)25-36(6)48(59)49(66-10)47(58)35(5)24-31/h11-13,16-17,25,31,33-35,37-40,42-45,48-49,59,63H,14-15,18-24,26-30H2,1-10H3/b13-11+,16-12+,32-17+,36-25+/t31-,33-,34-,35-,37-,38+,39+,40+,42-,43?,44+,45-,48-,49?,53-/m1/s1. The molecular weight excluding hydrogens is 910 g/mol. The highest BCUT2D eigenvalue weighted by Crippen LogP contribution is 2.38. The van der Waals surface area contributed by atoms with E-state index >= 15 is 0 Å². The van der Waals surface area contributed by atoms with Crippen molar-refractivity contribution in [1.29, 1.82) is 0 Å². The molecule has 2 unspecified atom stereocenters. The van der Waals surface area contributed by atoms with Crippen LogP contribution < -0.4 is 0 Å². The first-order valence-corrected chi connectivity index (χ1v) is 25.5. The molecule has 1 saturated carbocycles. The number of ketones is 3. The number of amides is 1. The molecule has 2 saturated heterocycles. The summed E-state index contributed by atoms with van der Waals surface area (Å²) in [7, 11) is 4.49. The largest absolute Gasteiger partial charge is 0.460 e. The lowest BCUT2D eigenvalue weighted by Crippen LogP contribution is -2.61. The molecule has 69 heavy (non-hydrogen) atoms. The Kier molecular flexibility index (Phi) is 23.0. The molecule has 1 aliphatic carbocycles. The van der Waals surface area contributed by atoms with Gasteiger partial charge in [-0.15, -0.1) is 11.6 Å². The van der Waals surface area contributed by atoms with E-state index in [1.165, 1.54) is 12.0 Å². The van der Waals surface area contributed by atoms with Crippen LogP contribution in [0.25, 0.3) is 0 Å².